The lowest BCUT2D eigenvalue weighted by Gasteiger charge is -2.07. The second-order valence-corrected chi connectivity index (χ2v) is 3.74. The fourth-order valence-corrected chi connectivity index (χ4v) is 1.47. The van der Waals surface area contributed by atoms with Crippen molar-refractivity contribution in [2.75, 3.05) is 19.5 Å². The molecule has 1 rings (SSSR count). The number of esters is 1. The Morgan fingerprint density at radius 2 is 2.06 bits per heavy atom. The third-order valence-electron chi connectivity index (χ3n) is 1.86. The van der Waals surface area contributed by atoms with Crippen molar-refractivity contribution in [2.24, 2.45) is 0 Å². The summed E-state index contributed by atoms with van der Waals surface area (Å²) in [5, 5.41) is 4.97. The summed E-state index contributed by atoms with van der Waals surface area (Å²) in [7, 11) is 2.81. The Kier molecular flexibility index (Phi) is 4.30. The molecular formula is C10H11BrN2O3. The maximum absolute atomic E-state index is 11.4. The number of methoxy groups -OCH3 is 1. The number of rotatable bonds is 2. The van der Waals surface area contributed by atoms with Crippen LogP contribution in [0.15, 0.2) is 22.7 Å². The summed E-state index contributed by atoms with van der Waals surface area (Å²) in [5.74, 6) is -0.465. The number of hydrogen-bond acceptors (Lipinski definition) is 3. The maximum Gasteiger partial charge on any atom is 0.339 e. The van der Waals surface area contributed by atoms with E-state index in [4.69, 9.17) is 0 Å². The van der Waals surface area contributed by atoms with Crippen LogP contribution in [0.1, 0.15) is 10.4 Å². The molecule has 0 unspecified atom stereocenters. The molecule has 0 aliphatic heterocycles. The van der Waals surface area contributed by atoms with E-state index in [0.717, 1.165) is 0 Å². The highest BCUT2D eigenvalue weighted by molar-refractivity contribution is 9.10. The van der Waals surface area contributed by atoms with Crippen molar-refractivity contribution in [3.63, 3.8) is 0 Å². The van der Waals surface area contributed by atoms with Crippen LogP contribution in [0.4, 0.5) is 10.5 Å². The highest BCUT2D eigenvalue weighted by Gasteiger charge is 2.11. The zero-order valence-electron chi connectivity index (χ0n) is 8.83. The summed E-state index contributed by atoms with van der Waals surface area (Å²) >= 11 is 3.23. The molecular weight excluding hydrogens is 276 g/mol. The molecule has 6 heteroatoms. The first-order valence-corrected chi connectivity index (χ1v) is 5.24. The lowest BCUT2D eigenvalue weighted by atomic mass is 10.2. The minimum Gasteiger partial charge on any atom is -0.465 e. The van der Waals surface area contributed by atoms with Gasteiger partial charge in [0.05, 0.1) is 12.7 Å². The van der Waals surface area contributed by atoms with Crippen LogP contribution in [0, 0.1) is 0 Å². The predicted molar refractivity (Wildman–Crippen MR) is 63.6 cm³/mol. The monoisotopic (exact) mass is 286 g/mol. The van der Waals surface area contributed by atoms with E-state index in [1.54, 1.807) is 12.1 Å². The smallest absolute Gasteiger partial charge is 0.339 e. The standard InChI is InChI=1S/C10H11BrN2O3/c1-12-10(15)13-6-3-4-8(11)7(5-6)9(14)16-2/h3-5H,1-2H3,(H2,12,13,15). The molecule has 1 aromatic rings. The van der Waals surface area contributed by atoms with Gasteiger partial charge in [0.15, 0.2) is 0 Å². The molecule has 16 heavy (non-hydrogen) atoms. The minimum atomic E-state index is -0.465. The first-order valence-electron chi connectivity index (χ1n) is 4.45. The summed E-state index contributed by atoms with van der Waals surface area (Å²) in [5.41, 5.74) is 0.874. The van der Waals surface area contributed by atoms with Gasteiger partial charge in [-0.25, -0.2) is 9.59 Å². The lowest BCUT2D eigenvalue weighted by molar-refractivity contribution is 0.0599. The maximum atomic E-state index is 11.4. The number of carbonyl (C=O) groups is 2. The van der Waals surface area contributed by atoms with Crippen LogP contribution in [0.2, 0.25) is 0 Å². The number of amides is 2. The molecule has 0 aliphatic rings. The Morgan fingerprint density at radius 3 is 2.62 bits per heavy atom. The van der Waals surface area contributed by atoms with Gasteiger partial charge in [0.2, 0.25) is 0 Å². The third kappa shape index (κ3) is 2.96. The lowest BCUT2D eigenvalue weighted by Crippen LogP contribution is -2.24. The quantitative estimate of drug-likeness (QED) is 0.817. The zero-order valence-corrected chi connectivity index (χ0v) is 10.4. The van der Waals surface area contributed by atoms with Gasteiger partial charge in [-0.2, -0.15) is 0 Å². The predicted octanol–water partition coefficient (Wildman–Crippen LogP) is 1.99. The first-order chi connectivity index (χ1) is 7.58. The molecule has 2 N–H and O–H groups in total. The summed E-state index contributed by atoms with van der Waals surface area (Å²) < 4.78 is 5.22. The summed E-state index contributed by atoms with van der Waals surface area (Å²) in [6.45, 7) is 0. The van der Waals surface area contributed by atoms with Crippen molar-refractivity contribution in [3.05, 3.63) is 28.2 Å². The molecule has 86 valence electrons. The van der Waals surface area contributed by atoms with Crippen molar-refractivity contribution >= 4 is 33.6 Å². The zero-order chi connectivity index (χ0) is 12.1. The molecule has 0 aliphatic carbocycles. The van der Waals surface area contributed by atoms with Crippen LogP contribution in [0.3, 0.4) is 0 Å². The van der Waals surface area contributed by atoms with Crippen LogP contribution in [0.5, 0.6) is 0 Å². The van der Waals surface area contributed by atoms with E-state index >= 15 is 0 Å². The van der Waals surface area contributed by atoms with Gasteiger partial charge in [0.25, 0.3) is 0 Å². The van der Waals surface area contributed by atoms with E-state index < -0.39 is 5.97 Å². The molecule has 0 fully saturated rings. The first kappa shape index (κ1) is 12.5. The molecule has 0 atom stereocenters. The van der Waals surface area contributed by atoms with Gasteiger partial charge in [-0.3, -0.25) is 0 Å². The number of hydrogen-bond donors (Lipinski definition) is 2. The molecule has 0 bridgehead atoms. The van der Waals surface area contributed by atoms with Crippen LogP contribution in [0.25, 0.3) is 0 Å². The molecule has 2 amide bonds. The normalized spacial score (nSPS) is 9.44. The Morgan fingerprint density at radius 1 is 1.38 bits per heavy atom. The van der Waals surface area contributed by atoms with Crippen LogP contribution in [-0.4, -0.2) is 26.2 Å². The van der Waals surface area contributed by atoms with Crippen molar-refractivity contribution in [2.45, 2.75) is 0 Å². The fraction of sp³-hybridized carbons (Fsp3) is 0.200. The molecule has 0 saturated carbocycles. The molecule has 0 spiro atoms. The van der Waals surface area contributed by atoms with Crippen LogP contribution in [-0.2, 0) is 4.74 Å². The average Bonchev–Trinajstić information content (AvgIpc) is 2.30. The fourth-order valence-electron chi connectivity index (χ4n) is 1.06. The second kappa shape index (κ2) is 5.50. The van der Waals surface area contributed by atoms with Crippen molar-refractivity contribution in [3.8, 4) is 0 Å². The van der Waals surface area contributed by atoms with Gasteiger partial charge < -0.3 is 15.4 Å². The molecule has 1 aromatic carbocycles. The highest BCUT2D eigenvalue weighted by atomic mass is 79.9. The summed E-state index contributed by atoms with van der Waals surface area (Å²) in [6.07, 6.45) is 0. The summed E-state index contributed by atoms with van der Waals surface area (Å²) in [4.78, 5) is 22.4. The number of nitrogens with one attached hydrogen (secondary N) is 2. The van der Waals surface area contributed by atoms with E-state index in [-0.39, 0.29) is 6.03 Å². The Hall–Kier alpha value is -1.56. The van der Waals surface area contributed by atoms with E-state index in [9.17, 15) is 9.59 Å². The average molecular weight is 287 g/mol. The largest absolute Gasteiger partial charge is 0.465 e. The van der Waals surface area contributed by atoms with Gasteiger partial charge >= 0.3 is 12.0 Å². The SMILES string of the molecule is CNC(=O)Nc1ccc(Br)c(C(=O)OC)c1. The van der Waals surface area contributed by atoms with Crippen LogP contribution < -0.4 is 10.6 Å². The van der Waals surface area contributed by atoms with E-state index in [2.05, 4.69) is 31.3 Å². The minimum absolute atomic E-state index is 0.349. The number of halogens is 1. The van der Waals surface area contributed by atoms with Gasteiger partial charge in [-0.15, -0.1) is 0 Å². The van der Waals surface area contributed by atoms with Gasteiger partial charge in [-0.1, -0.05) is 0 Å². The van der Waals surface area contributed by atoms with Crippen molar-refractivity contribution in [1.29, 1.82) is 0 Å². The number of ether oxygens (including phenoxy) is 1. The number of urea groups is 1. The second-order valence-electron chi connectivity index (χ2n) is 2.89. The van der Waals surface area contributed by atoms with E-state index in [1.165, 1.54) is 20.2 Å². The molecule has 0 aromatic heterocycles. The number of anilines is 1. The Bertz CT molecular complexity index is 421. The van der Waals surface area contributed by atoms with Gasteiger partial charge in [0, 0.05) is 17.2 Å². The van der Waals surface area contributed by atoms with Crippen molar-refractivity contribution < 1.29 is 14.3 Å². The summed E-state index contributed by atoms with van der Waals surface area (Å²) in [6, 6.07) is 4.52. The Balaban J connectivity index is 2.98. The highest BCUT2D eigenvalue weighted by Crippen LogP contribution is 2.21. The number of carbonyl (C=O) groups excluding carboxylic acids is 2. The van der Waals surface area contributed by atoms with Gasteiger partial charge in [0.1, 0.15) is 0 Å². The van der Waals surface area contributed by atoms with Gasteiger partial charge in [-0.05, 0) is 34.1 Å². The molecule has 0 heterocycles. The van der Waals surface area contributed by atoms with E-state index in [1.807, 2.05) is 0 Å². The van der Waals surface area contributed by atoms with E-state index in [0.29, 0.717) is 15.7 Å². The Labute approximate surface area is 101 Å². The van der Waals surface area contributed by atoms with Crippen molar-refractivity contribution in [1.82, 2.24) is 5.32 Å². The topological polar surface area (TPSA) is 67.4 Å². The number of benzene rings is 1. The van der Waals surface area contributed by atoms with Crippen LogP contribution >= 0.6 is 15.9 Å². The third-order valence-corrected chi connectivity index (χ3v) is 2.55. The molecule has 0 saturated heterocycles. The molecule has 5 nitrogen and oxygen atoms in total. The molecule has 0 radical (unpaired) electrons.